The van der Waals surface area contributed by atoms with E-state index in [0.717, 1.165) is 17.1 Å². The largest absolute Gasteiger partial charge is 0.457 e. The molecular weight excluding hydrogens is 380 g/mol. The maximum absolute atomic E-state index is 11.3. The smallest absolute Gasteiger partial charge is 0.270 e. The molecule has 4 rings (SSSR count). The van der Waals surface area contributed by atoms with E-state index in [2.05, 4.69) is 6.07 Å². The number of hydrogen-bond acceptors (Lipinski definition) is 5. The van der Waals surface area contributed by atoms with Crippen molar-refractivity contribution >= 4 is 22.7 Å². The summed E-state index contributed by atoms with van der Waals surface area (Å²) >= 11 is 0. The Kier molecular flexibility index (Phi) is 4.93. The van der Waals surface area contributed by atoms with Gasteiger partial charge in [0.2, 0.25) is 0 Å². The van der Waals surface area contributed by atoms with Crippen molar-refractivity contribution in [2.24, 2.45) is 0 Å². The van der Waals surface area contributed by atoms with Crippen LogP contribution in [0.25, 0.3) is 21.9 Å². The summed E-state index contributed by atoms with van der Waals surface area (Å²) in [5.41, 5.74) is 2.11. The highest BCUT2D eigenvalue weighted by Crippen LogP contribution is 2.37. The van der Waals surface area contributed by atoms with E-state index in [1.807, 2.05) is 18.2 Å². The lowest BCUT2D eigenvalue weighted by molar-refractivity contribution is -0.384. The van der Waals surface area contributed by atoms with Crippen LogP contribution in [0.1, 0.15) is 15.9 Å². The first kappa shape index (κ1) is 18.8. The Morgan fingerprint density at radius 3 is 2.50 bits per heavy atom. The minimum atomic E-state index is -0.473. The third kappa shape index (κ3) is 3.73. The molecule has 0 spiro atoms. The van der Waals surface area contributed by atoms with Crippen molar-refractivity contribution in [3.8, 4) is 28.7 Å². The molecule has 0 aliphatic heterocycles. The molecule has 0 amide bonds. The summed E-state index contributed by atoms with van der Waals surface area (Å²) in [5, 5.41) is 22.1. The Hall–Kier alpha value is -4.50. The second-order valence-corrected chi connectivity index (χ2v) is 6.62. The van der Waals surface area contributed by atoms with Crippen LogP contribution in [0, 0.1) is 21.4 Å². The molecule has 0 aromatic heterocycles. The Morgan fingerprint density at radius 1 is 0.933 bits per heavy atom. The fraction of sp³-hybridized carbons (Fsp3) is 0. The third-order valence-corrected chi connectivity index (χ3v) is 4.68. The van der Waals surface area contributed by atoms with Crippen molar-refractivity contribution in [1.29, 1.82) is 5.26 Å². The SMILES string of the molecule is N#Cc1ccc2cc(Oc3ccc([N+](=O)[O-])cc3-c3cccc(C=O)c3)ccc2c1. The lowest BCUT2D eigenvalue weighted by atomic mass is 10.0. The van der Waals surface area contributed by atoms with E-state index in [9.17, 15) is 14.9 Å². The van der Waals surface area contributed by atoms with Gasteiger partial charge in [0.05, 0.1) is 16.6 Å². The zero-order valence-corrected chi connectivity index (χ0v) is 15.6. The lowest BCUT2D eigenvalue weighted by Crippen LogP contribution is -1.93. The molecule has 0 aliphatic rings. The average Bonchev–Trinajstić information content (AvgIpc) is 2.78. The van der Waals surface area contributed by atoms with Crippen molar-refractivity contribution in [2.75, 3.05) is 0 Å². The van der Waals surface area contributed by atoms with Crippen molar-refractivity contribution < 1.29 is 14.5 Å². The molecule has 0 bridgehead atoms. The number of fused-ring (bicyclic) bond motifs is 1. The van der Waals surface area contributed by atoms with Crippen molar-refractivity contribution in [3.63, 3.8) is 0 Å². The molecule has 0 heterocycles. The van der Waals surface area contributed by atoms with E-state index >= 15 is 0 Å². The topological polar surface area (TPSA) is 93.2 Å². The molecule has 0 radical (unpaired) electrons. The van der Waals surface area contributed by atoms with Gasteiger partial charge in [-0.05, 0) is 52.7 Å². The van der Waals surface area contributed by atoms with E-state index in [-0.39, 0.29) is 5.69 Å². The molecule has 144 valence electrons. The van der Waals surface area contributed by atoms with Crippen LogP contribution >= 0.6 is 0 Å². The van der Waals surface area contributed by atoms with Crippen LogP contribution in [0.2, 0.25) is 0 Å². The van der Waals surface area contributed by atoms with E-state index in [1.165, 1.54) is 12.1 Å². The molecule has 4 aromatic carbocycles. The number of aldehydes is 1. The fourth-order valence-corrected chi connectivity index (χ4v) is 3.21. The highest BCUT2D eigenvalue weighted by atomic mass is 16.6. The van der Waals surface area contributed by atoms with Crippen LogP contribution in [0.5, 0.6) is 11.5 Å². The van der Waals surface area contributed by atoms with Crippen LogP contribution in [-0.2, 0) is 0 Å². The van der Waals surface area contributed by atoms with Gasteiger partial charge < -0.3 is 4.74 Å². The molecule has 0 unspecified atom stereocenters. The van der Waals surface area contributed by atoms with Gasteiger partial charge in [0, 0.05) is 23.3 Å². The maximum atomic E-state index is 11.3. The first-order valence-electron chi connectivity index (χ1n) is 9.03. The quantitative estimate of drug-likeness (QED) is 0.239. The molecule has 6 nitrogen and oxygen atoms in total. The van der Waals surface area contributed by atoms with Crippen molar-refractivity contribution in [1.82, 2.24) is 0 Å². The normalized spacial score (nSPS) is 10.4. The number of nitriles is 1. The molecule has 0 N–H and O–H groups in total. The van der Waals surface area contributed by atoms with Crippen LogP contribution < -0.4 is 4.74 Å². The monoisotopic (exact) mass is 394 g/mol. The van der Waals surface area contributed by atoms with Gasteiger partial charge in [-0.2, -0.15) is 5.26 Å². The average molecular weight is 394 g/mol. The fourth-order valence-electron chi connectivity index (χ4n) is 3.21. The van der Waals surface area contributed by atoms with Crippen LogP contribution in [0.3, 0.4) is 0 Å². The zero-order chi connectivity index (χ0) is 21.1. The standard InChI is InChI=1S/C24H14N2O4/c25-14-16-4-5-19-12-22(8-6-18(19)10-16)30-24-9-7-21(26(28)29)13-23(24)20-3-1-2-17(11-20)15-27/h1-13,15H. The molecule has 0 aliphatic carbocycles. The number of hydrogen-bond donors (Lipinski definition) is 0. The Bertz CT molecular complexity index is 1340. The molecule has 0 saturated carbocycles. The Morgan fingerprint density at radius 2 is 1.73 bits per heavy atom. The minimum Gasteiger partial charge on any atom is -0.457 e. The van der Waals surface area contributed by atoms with Crippen LogP contribution in [-0.4, -0.2) is 11.2 Å². The van der Waals surface area contributed by atoms with Crippen LogP contribution in [0.4, 0.5) is 5.69 Å². The summed E-state index contributed by atoms with van der Waals surface area (Å²) in [6, 6.07) is 24.1. The number of ether oxygens (including phenoxy) is 1. The van der Waals surface area contributed by atoms with Crippen LogP contribution in [0.15, 0.2) is 78.9 Å². The summed E-state index contributed by atoms with van der Waals surface area (Å²) in [6.45, 7) is 0. The Labute approximate surface area is 171 Å². The van der Waals surface area contributed by atoms with Gasteiger partial charge in [-0.1, -0.05) is 30.3 Å². The predicted octanol–water partition coefficient (Wildman–Crippen LogP) is 5.89. The van der Waals surface area contributed by atoms with Crippen molar-refractivity contribution in [2.45, 2.75) is 0 Å². The summed E-state index contributed by atoms with van der Waals surface area (Å²) in [7, 11) is 0. The first-order valence-corrected chi connectivity index (χ1v) is 9.03. The number of carbonyl (C=O) groups is 1. The summed E-state index contributed by atoms with van der Waals surface area (Å²) in [6.07, 6.45) is 0.722. The number of nitro benzene ring substituents is 1. The maximum Gasteiger partial charge on any atom is 0.270 e. The Balaban J connectivity index is 1.78. The van der Waals surface area contributed by atoms with E-state index in [1.54, 1.807) is 48.5 Å². The predicted molar refractivity (Wildman–Crippen MR) is 113 cm³/mol. The summed E-state index contributed by atoms with van der Waals surface area (Å²) in [5.74, 6) is 0.977. The summed E-state index contributed by atoms with van der Waals surface area (Å²) in [4.78, 5) is 21.9. The van der Waals surface area contributed by atoms with Gasteiger partial charge in [0.25, 0.3) is 5.69 Å². The molecule has 0 saturated heterocycles. The minimum absolute atomic E-state index is 0.0728. The van der Waals surface area contributed by atoms with E-state index in [4.69, 9.17) is 10.00 Å². The molecule has 0 atom stereocenters. The first-order chi connectivity index (χ1) is 14.6. The van der Waals surface area contributed by atoms with Gasteiger partial charge in [-0.15, -0.1) is 0 Å². The number of benzene rings is 4. The molecule has 6 heteroatoms. The van der Waals surface area contributed by atoms with Gasteiger partial charge in [-0.3, -0.25) is 14.9 Å². The molecular formula is C24H14N2O4. The number of carbonyl (C=O) groups excluding carboxylic acids is 1. The van der Waals surface area contributed by atoms with Crippen molar-refractivity contribution in [3.05, 3.63) is 100 Å². The molecule has 30 heavy (non-hydrogen) atoms. The van der Waals surface area contributed by atoms with E-state index < -0.39 is 4.92 Å². The second-order valence-electron chi connectivity index (χ2n) is 6.62. The number of nitro groups is 1. The zero-order valence-electron chi connectivity index (χ0n) is 15.6. The van der Waals surface area contributed by atoms with E-state index in [0.29, 0.717) is 33.8 Å². The van der Waals surface area contributed by atoms with Gasteiger partial charge in [0.15, 0.2) is 0 Å². The number of non-ortho nitro benzene ring substituents is 1. The number of nitrogens with zero attached hydrogens (tertiary/aromatic N) is 2. The van der Waals surface area contributed by atoms with Gasteiger partial charge >= 0.3 is 0 Å². The highest BCUT2D eigenvalue weighted by Gasteiger charge is 2.15. The summed E-state index contributed by atoms with van der Waals surface area (Å²) < 4.78 is 6.06. The highest BCUT2D eigenvalue weighted by molar-refractivity contribution is 5.85. The molecule has 4 aromatic rings. The van der Waals surface area contributed by atoms with Gasteiger partial charge in [-0.25, -0.2) is 0 Å². The van der Waals surface area contributed by atoms with Gasteiger partial charge in [0.1, 0.15) is 17.8 Å². The molecule has 0 fully saturated rings. The second kappa shape index (κ2) is 7.86. The number of rotatable bonds is 5. The third-order valence-electron chi connectivity index (χ3n) is 4.68. The lowest BCUT2D eigenvalue weighted by Gasteiger charge is -2.12.